The van der Waals surface area contributed by atoms with Crippen LogP contribution in [0.5, 0.6) is 5.75 Å². The lowest BCUT2D eigenvalue weighted by Crippen LogP contribution is -2.74. The molecule has 0 aromatic heterocycles. The van der Waals surface area contributed by atoms with Gasteiger partial charge in [-0.1, -0.05) is 18.2 Å². The van der Waals surface area contributed by atoms with Crippen LogP contribution >= 0.6 is 23.5 Å². The van der Waals surface area contributed by atoms with Crippen LogP contribution in [0.25, 0.3) is 0 Å². The van der Waals surface area contributed by atoms with Gasteiger partial charge in [0.15, 0.2) is 9.74 Å². The summed E-state index contributed by atoms with van der Waals surface area (Å²) in [6.45, 7) is 1.30. The molecule has 3 heterocycles. The van der Waals surface area contributed by atoms with Crippen molar-refractivity contribution in [2.45, 2.75) is 41.7 Å². The fourth-order valence-electron chi connectivity index (χ4n) is 4.51. The molecule has 0 radical (unpaired) electrons. The van der Waals surface area contributed by atoms with Gasteiger partial charge in [-0.3, -0.25) is 14.4 Å². The van der Waals surface area contributed by atoms with E-state index in [1.165, 1.54) is 43.0 Å². The maximum Gasteiger partial charge on any atom is 0.303 e. The van der Waals surface area contributed by atoms with Gasteiger partial charge in [-0.05, 0) is 35.8 Å². The molecule has 1 aromatic carbocycles. The van der Waals surface area contributed by atoms with Crippen molar-refractivity contribution in [2.75, 3.05) is 12.5 Å². The van der Waals surface area contributed by atoms with Crippen LogP contribution in [0, 0.1) is 0 Å². The Morgan fingerprint density at radius 3 is 2.72 bits per heavy atom. The first kappa shape index (κ1) is 22.6. The van der Waals surface area contributed by atoms with Gasteiger partial charge < -0.3 is 24.8 Å². The number of carbonyl (C=O) groups is 3. The minimum atomic E-state index is -1.33. The first-order chi connectivity index (χ1) is 15.3. The maximum absolute atomic E-state index is 14.1. The predicted molar refractivity (Wildman–Crippen MR) is 122 cm³/mol. The maximum atomic E-state index is 14.1. The Bertz CT molecular complexity index is 1030. The fraction of sp³-hybridized carbons (Fsp3) is 0.409. The molecule has 2 fully saturated rings. The number of hydrogen-bond acceptors (Lipinski definition) is 8. The third-order valence-electron chi connectivity index (χ3n) is 6.02. The number of fused-ring (bicyclic) bond motifs is 3. The lowest BCUT2D eigenvalue weighted by atomic mass is 9.98. The summed E-state index contributed by atoms with van der Waals surface area (Å²) in [5, 5.41) is 13.3. The second-order valence-electron chi connectivity index (χ2n) is 7.81. The van der Waals surface area contributed by atoms with Gasteiger partial charge in [-0.15, -0.1) is 23.5 Å². The van der Waals surface area contributed by atoms with Crippen molar-refractivity contribution in [3.63, 3.8) is 0 Å². The van der Waals surface area contributed by atoms with Crippen molar-refractivity contribution in [1.82, 2.24) is 10.2 Å². The van der Waals surface area contributed by atoms with Crippen LogP contribution in [0.1, 0.15) is 18.9 Å². The molecule has 8 nitrogen and oxygen atoms in total. The number of amides is 2. The highest BCUT2D eigenvalue weighted by Crippen LogP contribution is 2.51. The molecule has 170 valence electrons. The van der Waals surface area contributed by atoms with Crippen molar-refractivity contribution in [2.24, 2.45) is 0 Å². The number of nitrogens with one attached hydrogen (secondary N) is 1. The summed E-state index contributed by atoms with van der Waals surface area (Å²) in [6.07, 6.45) is 7.59. The summed E-state index contributed by atoms with van der Waals surface area (Å²) in [5.41, 5.74) is 1.24. The Hall–Kier alpha value is -2.59. The van der Waals surface area contributed by atoms with E-state index >= 15 is 0 Å². The number of para-hydroxylation sites is 1. The van der Waals surface area contributed by atoms with Gasteiger partial charge in [0.1, 0.15) is 11.9 Å². The summed E-state index contributed by atoms with van der Waals surface area (Å²) in [6, 6.07) is 6.06. The number of piperazine rings is 1. The van der Waals surface area contributed by atoms with Crippen LogP contribution in [0.15, 0.2) is 48.4 Å². The second-order valence-corrected chi connectivity index (χ2v) is 10.00. The molecule has 0 bridgehead atoms. The highest BCUT2D eigenvalue weighted by atomic mass is 32.2. The van der Waals surface area contributed by atoms with Crippen molar-refractivity contribution >= 4 is 41.3 Å². The van der Waals surface area contributed by atoms with Gasteiger partial charge in [0, 0.05) is 19.8 Å². The molecule has 0 aliphatic carbocycles. The molecular formula is C22H24N2O6S2. The first-order valence-corrected chi connectivity index (χ1v) is 12.4. The van der Waals surface area contributed by atoms with Crippen molar-refractivity contribution < 1.29 is 29.0 Å². The van der Waals surface area contributed by atoms with E-state index in [1.54, 1.807) is 47.8 Å². The zero-order chi connectivity index (χ0) is 23.1. The summed E-state index contributed by atoms with van der Waals surface area (Å²) < 4.78 is 10.9. The molecule has 0 saturated carbocycles. The molecule has 0 unspecified atom stereocenters. The quantitative estimate of drug-likeness (QED) is 0.623. The molecule has 4 rings (SSSR count). The first-order valence-electron chi connectivity index (χ1n) is 10.00. The largest absolute Gasteiger partial charge is 0.508 e. The highest BCUT2D eigenvalue weighted by Gasteiger charge is 2.66. The lowest BCUT2D eigenvalue weighted by Gasteiger charge is -2.50. The number of thioether (sulfide) groups is 2. The van der Waals surface area contributed by atoms with Gasteiger partial charge in [0.25, 0.3) is 11.8 Å². The number of phenolic OH excluding ortho intramolecular Hbond substituents is 1. The highest BCUT2D eigenvalue weighted by molar-refractivity contribution is 8.01. The van der Waals surface area contributed by atoms with E-state index < -0.39 is 27.9 Å². The SMILES string of the molecule is CS[C@@]1(Cc2ccccc2O)NC(=O)[C@]2(SC)CC3=COC=C[C@H](OC(C)=O)[C@H]3N2C1=O. The third kappa shape index (κ3) is 3.45. The molecule has 2 amide bonds. The minimum absolute atomic E-state index is 0.0512. The van der Waals surface area contributed by atoms with Gasteiger partial charge in [-0.25, -0.2) is 0 Å². The molecule has 1 aromatic rings. The van der Waals surface area contributed by atoms with Gasteiger partial charge in [0.2, 0.25) is 0 Å². The molecule has 2 saturated heterocycles. The van der Waals surface area contributed by atoms with Gasteiger partial charge in [-0.2, -0.15) is 0 Å². The number of carbonyl (C=O) groups excluding carboxylic acids is 3. The van der Waals surface area contributed by atoms with Crippen molar-refractivity contribution in [3.05, 3.63) is 54.0 Å². The second kappa shape index (κ2) is 8.40. The summed E-state index contributed by atoms with van der Waals surface area (Å²) in [5.74, 6) is -1.07. The van der Waals surface area contributed by atoms with E-state index in [4.69, 9.17) is 9.47 Å². The van der Waals surface area contributed by atoms with Gasteiger partial charge >= 0.3 is 5.97 Å². The zero-order valence-corrected chi connectivity index (χ0v) is 19.5. The average Bonchev–Trinajstić information content (AvgIpc) is 3.00. The molecular weight excluding hydrogens is 452 g/mol. The Morgan fingerprint density at radius 2 is 2.06 bits per heavy atom. The van der Waals surface area contributed by atoms with E-state index in [1.807, 2.05) is 0 Å². The number of ether oxygens (including phenoxy) is 2. The number of benzene rings is 1. The zero-order valence-electron chi connectivity index (χ0n) is 17.9. The molecule has 32 heavy (non-hydrogen) atoms. The third-order valence-corrected chi connectivity index (χ3v) is 8.34. The summed E-state index contributed by atoms with van der Waals surface area (Å²) >= 11 is 2.47. The van der Waals surface area contributed by atoms with Crippen LogP contribution < -0.4 is 5.32 Å². The Kier molecular flexibility index (Phi) is 5.93. The molecule has 4 atom stereocenters. The predicted octanol–water partition coefficient (Wildman–Crippen LogP) is 2.14. The average molecular weight is 477 g/mol. The topological polar surface area (TPSA) is 105 Å². The normalized spacial score (nSPS) is 31.1. The standard InChI is InChI=1S/C22H24N2O6S2/c1-13(25)30-17-8-9-29-12-15-11-22(32-3)19(27)23-21(31-2,20(28)24(22)18(15)17)10-14-6-4-5-7-16(14)26/h4-9,12,17-18,26H,10-11H2,1-3H3,(H,23,27)/t17-,18-,21+,22+/m0/s1. The number of phenols is 1. The minimum Gasteiger partial charge on any atom is -0.508 e. The van der Waals surface area contributed by atoms with Crippen LogP contribution in [0.2, 0.25) is 0 Å². The molecule has 0 spiro atoms. The number of aromatic hydroxyl groups is 1. The van der Waals surface area contributed by atoms with Crippen LogP contribution in [0.4, 0.5) is 0 Å². The number of nitrogens with zero attached hydrogens (tertiary/aromatic N) is 1. The van der Waals surface area contributed by atoms with Crippen LogP contribution in [0.3, 0.4) is 0 Å². The lowest BCUT2D eigenvalue weighted by molar-refractivity contribution is -0.158. The van der Waals surface area contributed by atoms with Crippen molar-refractivity contribution in [1.29, 1.82) is 0 Å². The summed E-state index contributed by atoms with van der Waals surface area (Å²) in [4.78, 5) is 38.5. The summed E-state index contributed by atoms with van der Waals surface area (Å²) in [7, 11) is 0. The molecule has 3 aliphatic heterocycles. The smallest absolute Gasteiger partial charge is 0.303 e. The number of rotatable bonds is 5. The van der Waals surface area contributed by atoms with Gasteiger partial charge in [0.05, 0.1) is 18.6 Å². The molecule has 3 aliphatic rings. The van der Waals surface area contributed by atoms with Crippen LogP contribution in [-0.2, 0) is 30.3 Å². The van der Waals surface area contributed by atoms with E-state index in [-0.39, 0.29) is 30.4 Å². The Morgan fingerprint density at radius 1 is 1.31 bits per heavy atom. The number of hydrogen-bond donors (Lipinski definition) is 2. The van der Waals surface area contributed by atoms with E-state index in [2.05, 4.69) is 5.32 Å². The van der Waals surface area contributed by atoms with E-state index in [0.717, 1.165) is 0 Å². The van der Waals surface area contributed by atoms with E-state index in [9.17, 15) is 19.5 Å². The van der Waals surface area contributed by atoms with E-state index in [0.29, 0.717) is 11.1 Å². The molecule has 10 heteroatoms. The Labute approximate surface area is 194 Å². The molecule has 2 N–H and O–H groups in total. The monoisotopic (exact) mass is 476 g/mol. The van der Waals surface area contributed by atoms with Crippen molar-refractivity contribution in [3.8, 4) is 5.75 Å². The number of esters is 1. The van der Waals surface area contributed by atoms with Crippen LogP contribution in [-0.4, -0.2) is 62.2 Å². The fourth-order valence-corrected chi connectivity index (χ4v) is 6.22. The Balaban J connectivity index is 1.82.